The highest BCUT2D eigenvalue weighted by Crippen LogP contribution is 2.29. The number of phenolic OH excluding ortho intramolecular Hbond substituents is 1. The van der Waals surface area contributed by atoms with Crippen LogP contribution in [0, 0.1) is 12.7 Å². The van der Waals surface area contributed by atoms with Crippen LogP contribution in [-0.4, -0.2) is 16.0 Å². The molecule has 0 saturated carbocycles. The minimum Gasteiger partial charge on any atom is -0.508 e. The van der Waals surface area contributed by atoms with Gasteiger partial charge in [0.2, 0.25) is 0 Å². The van der Waals surface area contributed by atoms with Gasteiger partial charge in [0.05, 0.1) is 11.4 Å². The largest absolute Gasteiger partial charge is 0.508 e. The van der Waals surface area contributed by atoms with E-state index in [1.165, 1.54) is 18.3 Å². The number of hydrogen-bond acceptors (Lipinski definition) is 3. The van der Waals surface area contributed by atoms with Gasteiger partial charge in [0.1, 0.15) is 11.6 Å². The van der Waals surface area contributed by atoms with Crippen molar-refractivity contribution in [2.45, 2.75) is 27.7 Å². The van der Waals surface area contributed by atoms with E-state index in [2.05, 4.69) is 24.7 Å². The molecule has 1 aromatic carbocycles. The van der Waals surface area contributed by atoms with E-state index in [1.807, 2.05) is 25.2 Å². The van der Waals surface area contributed by atoms with E-state index in [0.29, 0.717) is 33.9 Å². The zero-order valence-electron chi connectivity index (χ0n) is 16.8. The molecule has 0 heterocycles. The Balaban J connectivity index is 3.63. The molecule has 0 atom stereocenters. The Morgan fingerprint density at radius 1 is 1.25 bits per heavy atom. The monoisotopic (exact) mass is 382 g/mol. The summed E-state index contributed by atoms with van der Waals surface area (Å²) in [5.74, 6) is -0.778. The topological polar surface area (TPSA) is 56.1 Å². The molecule has 1 rings (SSSR count). The fourth-order valence-corrected chi connectivity index (χ4v) is 2.48. The van der Waals surface area contributed by atoms with Crippen molar-refractivity contribution in [2.75, 3.05) is 4.90 Å². The van der Waals surface area contributed by atoms with Crippen molar-refractivity contribution < 1.29 is 14.6 Å². The molecule has 2 N–H and O–H groups in total. The predicted molar refractivity (Wildman–Crippen MR) is 116 cm³/mol. The van der Waals surface area contributed by atoms with Gasteiger partial charge < -0.3 is 15.1 Å². The summed E-state index contributed by atoms with van der Waals surface area (Å²) >= 11 is 0. The van der Waals surface area contributed by atoms with Gasteiger partial charge in [-0.15, -0.1) is 0 Å². The second-order valence-electron chi connectivity index (χ2n) is 6.07. The first-order valence-electron chi connectivity index (χ1n) is 8.68. The van der Waals surface area contributed by atoms with E-state index in [0.717, 1.165) is 0 Å². The average Bonchev–Trinajstić information content (AvgIpc) is 2.65. The van der Waals surface area contributed by atoms with Gasteiger partial charge in [0.25, 0.3) is 0 Å². The summed E-state index contributed by atoms with van der Waals surface area (Å²) in [5, 5.41) is 19.6. The third kappa shape index (κ3) is 5.33. The number of aliphatic imine (C=N–C) groups is 1. The molecule has 0 aliphatic carbocycles. The lowest BCUT2D eigenvalue weighted by Gasteiger charge is -2.23. The molecule has 0 aliphatic rings. The van der Waals surface area contributed by atoms with Crippen molar-refractivity contribution in [2.24, 2.45) is 4.99 Å². The van der Waals surface area contributed by atoms with E-state index in [1.54, 1.807) is 31.7 Å². The van der Waals surface area contributed by atoms with Gasteiger partial charge in [-0.05, 0) is 44.9 Å². The smallest absolute Gasteiger partial charge is 0.165 e. The van der Waals surface area contributed by atoms with E-state index in [-0.39, 0.29) is 5.76 Å². The Bertz CT molecular complexity index is 905. The molecule has 4 nitrogen and oxygen atoms in total. The maximum Gasteiger partial charge on any atom is 0.165 e. The molecule has 0 amide bonds. The van der Waals surface area contributed by atoms with Crippen molar-refractivity contribution in [3.8, 4) is 5.75 Å². The van der Waals surface area contributed by atoms with Crippen LogP contribution in [0.25, 0.3) is 0 Å². The summed E-state index contributed by atoms with van der Waals surface area (Å²) in [6.07, 6.45) is 8.66. The van der Waals surface area contributed by atoms with Crippen molar-refractivity contribution in [3.05, 3.63) is 96.4 Å². The maximum absolute atomic E-state index is 13.6. The highest BCUT2D eigenvalue weighted by Gasteiger charge is 2.15. The minimum absolute atomic E-state index is 0.111. The van der Waals surface area contributed by atoms with Crippen LogP contribution >= 0.6 is 0 Å². The van der Waals surface area contributed by atoms with E-state index >= 15 is 0 Å². The fourth-order valence-electron chi connectivity index (χ4n) is 2.48. The number of aryl methyl sites for hydroxylation is 1. The van der Waals surface area contributed by atoms with Crippen molar-refractivity contribution in [1.29, 1.82) is 0 Å². The second-order valence-corrected chi connectivity index (χ2v) is 6.07. The number of phenols is 1. The first kappa shape index (κ1) is 22.7. The minimum atomic E-state index is -0.698. The van der Waals surface area contributed by atoms with Crippen LogP contribution in [0.2, 0.25) is 0 Å². The standard InChI is InChI=1S/C23H27FN2O2/c1-8-11-12-19(9-2)23(16(5)17(6)27)25-18(7)26(10-3)21-14-22(28)20(24)13-15(21)4/h8-14,27-28H,2-3,6H2,1,4-5,7H3/b11-8-,19-12+,23-16+,25-18?. The number of hydrogen-bond donors (Lipinski definition) is 2. The molecule has 0 fully saturated rings. The highest BCUT2D eigenvalue weighted by molar-refractivity contribution is 5.99. The number of nitrogens with zero attached hydrogens (tertiary/aromatic N) is 2. The zero-order chi connectivity index (χ0) is 21.4. The van der Waals surface area contributed by atoms with Crippen LogP contribution < -0.4 is 4.90 Å². The number of allylic oxidation sites excluding steroid dienone is 5. The Morgan fingerprint density at radius 3 is 2.39 bits per heavy atom. The second kappa shape index (κ2) is 10.1. The summed E-state index contributed by atoms with van der Waals surface area (Å²) in [7, 11) is 0. The number of aliphatic hydroxyl groups excluding tert-OH is 1. The zero-order valence-corrected chi connectivity index (χ0v) is 16.8. The number of amidine groups is 1. The fraction of sp³-hybridized carbons (Fsp3) is 0.174. The average molecular weight is 382 g/mol. The highest BCUT2D eigenvalue weighted by atomic mass is 19.1. The van der Waals surface area contributed by atoms with Gasteiger partial charge in [-0.3, -0.25) is 0 Å². The first-order chi connectivity index (χ1) is 13.2. The lowest BCUT2D eigenvalue weighted by molar-refractivity contribution is 0.425. The van der Waals surface area contributed by atoms with Gasteiger partial charge >= 0.3 is 0 Å². The predicted octanol–water partition coefficient (Wildman–Crippen LogP) is 6.24. The maximum atomic E-state index is 13.6. The van der Waals surface area contributed by atoms with Crippen molar-refractivity contribution in [1.82, 2.24) is 0 Å². The summed E-state index contributed by atoms with van der Waals surface area (Å²) in [6, 6.07) is 2.56. The van der Waals surface area contributed by atoms with Crippen LogP contribution in [0.4, 0.5) is 10.1 Å². The molecule has 0 unspecified atom stereocenters. The number of aliphatic hydroxyl groups is 1. The molecule has 0 aromatic heterocycles. The molecule has 28 heavy (non-hydrogen) atoms. The Kier molecular flexibility index (Phi) is 8.20. The SMILES string of the molecule is C=CC(=C\C=C/C)/C(N=C(C)N(C=C)c1cc(O)c(F)cc1C)=C(/C)C(=C)O. The van der Waals surface area contributed by atoms with E-state index in [9.17, 15) is 14.6 Å². The third-order valence-electron chi connectivity index (χ3n) is 4.08. The van der Waals surface area contributed by atoms with Crippen LogP contribution in [0.3, 0.4) is 0 Å². The summed E-state index contributed by atoms with van der Waals surface area (Å²) in [5.41, 5.74) is 2.79. The number of rotatable bonds is 7. The lowest BCUT2D eigenvalue weighted by atomic mass is 10.1. The van der Waals surface area contributed by atoms with Crippen LogP contribution in [0.15, 0.2) is 90.0 Å². The van der Waals surface area contributed by atoms with Gasteiger partial charge in [0, 0.05) is 17.8 Å². The van der Waals surface area contributed by atoms with Gasteiger partial charge in [0.15, 0.2) is 11.6 Å². The van der Waals surface area contributed by atoms with Gasteiger partial charge in [-0.2, -0.15) is 0 Å². The number of aromatic hydroxyl groups is 1. The number of benzene rings is 1. The van der Waals surface area contributed by atoms with Crippen LogP contribution in [-0.2, 0) is 0 Å². The molecule has 0 radical (unpaired) electrons. The molecule has 0 saturated heterocycles. The van der Waals surface area contributed by atoms with E-state index in [4.69, 9.17) is 0 Å². The normalized spacial score (nSPS) is 13.3. The number of anilines is 1. The molecule has 5 heteroatoms. The van der Waals surface area contributed by atoms with E-state index < -0.39 is 11.6 Å². The summed E-state index contributed by atoms with van der Waals surface area (Å²) in [6.45, 7) is 18.2. The Labute approximate surface area is 166 Å². The van der Waals surface area contributed by atoms with Crippen molar-refractivity contribution >= 4 is 11.5 Å². The third-order valence-corrected chi connectivity index (χ3v) is 4.08. The molecule has 1 aromatic rings. The molecule has 0 spiro atoms. The molecule has 0 bridgehead atoms. The Morgan fingerprint density at radius 2 is 1.89 bits per heavy atom. The van der Waals surface area contributed by atoms with Crippen LogP contribution in [0.5, 0.6) is 5.75 Å². The first-order valence-corrected chi connectivity index (χ1v) is 8.68. The summed E-state index contributed by atoms with van der Waals surface area (Å²) in [4.78, 5) is 6.27. The van der Waals surface area contributed by atoms with Crippen molar-refractivity contribution in [3.63, 3.8) is 0 Å². The molecule has 0 aliphatic heterocycles. The van der Waals surface area contributed by atoms with Gasteiger partial charge in [-0.1, -0.05) is 44.0 Å². The lowest BCUT2D eigenvalue weighted by Crippen LogP contribution is -2.23. The Hall–Kier alpha value is -3.34. The van der Waals surface area contributed by atoms with Crippen LogP contribution in [0.1, 0.15) is 26.3 Å². The molecule has 148 valence electrons. The number of halogens is 1. The molecular weight excluding hydrogens is 355 g/mol. The van der Waals surface area contributed by atoms with Gasteiger partial charge in [-0.25, -0.2) is 9.38 Å². The molecular formula is C23H27FN2O2. The quantitative estimate of drug-likeness (QED) is 0.254. The summed E-state index contributed by atoms with van der Waals surface area (Å²) < 4.78 is 13.6.